The summed E-state index contributed by atoms with van der Waals surface area (Å²) in [7, 11) is 1.36. The number of benzene rings is 1. The molecule has 1 aromatic rings. The third kappa shape index (κ3) is 1.99. The van der Waals surface area contributed by atoms with E-state index in [1.54, 1.807) is 7.11 Å². The van der Waals surface area contributed by atoms with Gasteiger partial charge >= 0.3 is 0 Å². The molecule has 0 spiro atoms. The van der Waals surface area contributed by atoms with Gasteiger partial charge in [0.25, 0.3) is 0 Å². The maximum Gasteiger partial charge on any atom is 0.191 e. The van der Waals surface area contributed by atoms with Gasteiger partial charge in [0.2, 0.25) is 0 Å². The first kappa shape index (κ1) is 6.52. The second-order valence-corrected chi connectivity index (χ2v) is 3.60. The predicted octanol–water partition coefficient (Wildman–Crippen LogP) is 0.0421. The molecular formula is C7H10OSi. The highest BCUT2D eigenvalue weighted by Gasteiger charge is 1.86. The lowest BCUT2D eigenvalue weighted by molar-refractivity contribution is 0.450. The first-order chi connectivity index (χ1) is 4.43. The van der Waals surface area contributed by atoms with Gasteiger partial charge in [0.1, 0.15) is 0 Å². The quantitative estimate of drug-likeness (QED) is 0.524. The fraction of sp³-hybridized carbons (Fsp3) is 0.143. The standard InChI is InChI=1S/C7H10OSi/c1-8-9-7-5-3-2-4-6-7/h2-6H,9H2,1H3. The highest BCUT2D eigenvalue weighted by atomic mass is 28.2. The van der Waals surface area contributed by atoms with Crippen LogP contribution < -0.4 is 5.19 Å². The van der Waals surface area contributed by atoms with Gasteiger partial charge in [0.15, 0.2) is 9.76 Å². The van der Waals surface area contributed by atoms with Crippen LogP contribution in [0.1, 0.15) is 0 Å². The molecule has 0 atom stereocenters. The van der Waals surface area contributed by atoms with Crippen LogP contribution in [0, 0.1) is 0 Å². The Kier molecular flexibility index (Phi) is 2.48. The van der Waals surface area contributed by atoms with Gasteiger partial charge in [-0.25, -0.2) is 0 Å². The molecule has 0 aliphatic heterocycles. The van der Waals surface area contributed by atoms with Crippen molar-refractivity contribution < 1.29 is 4.43 Å². The molecule has 1 aromatic carbocycles. The number of hydrogen-bond donors (Lipinski definition) is 0. The summed E-state index contributed by atoms with van der Waals surface area (Å²) >= 11 is 0. The minimum atomic E-state index is -0.401. The molecule has 0 saturated carbocycles. The van der Waals surface area contributed by atoms with Gasteiger partial charge in [-0.3, -0.25) is 0 Å². The lowest BCUT2D eigenvalue weighted by Gasteiger charge is -1.94. The summed E-state index contributed by atoms with van der Waals surface area (Å²) in [6, 6.07) is 10.3. The van der Waals surface area contributed by atoms with Crippen molar-refractivity contribution in [3.63, 3.8) is 0 Å². The van der Waals surface area contributed by atoms with Gasteiger partial charge in [0.05, 0.1) is 0 Å². The first-order valence-electron chi connectivity index (χ1n) is 2.96. The Balaban J connectivity index is 2.61. The third-order valence-electron chi connectivity index (χ3n) is 1.15. The Hall–Kier alpha value is -0.603. The second-order valence-electron chi connectivity index (χ2n) is 1.92. The minimum absolute atomic E-state index is 0.401. The van der Waals surface area contributed by atoms with Crippen molar-refractivity contribution in [2.45, 2.75) is 0 Å². The van der Waals surface area contributed by atoms with E-state index in [1.165, 1.54) is 5.19 Å². The molecule has 0 radical (unpaired) electrons. The molecule has 0 aliphatic rings. The Bertz CT molecular complexity index is 162. The molecule has 0 heterocycles. The molecule has 0 aliphatic carbocycles. The van der Waals surface area contributed by atoms with Crippen molar-refractivity contribution in [2.75, 3.05) is 7.11 Å². The maximum atomic E-state index is 5.07. The van der Waals surface area contributed by atoms with Gasteiger partial charge in [-0.15, -0.1) is 0 Å². The molecule has 1 rings (SSSR count). The summed E-state index contributed by atoms with van der Waals surface area (Å²) in [6.07, 6.45) is 0. The van der Waals surface area contributed by atoms with E-state index in [0.717, 1.165) is 0 Å². The summed E-state index contributed by atoms with van der Waals surface area (Å²) in [4.78, 5) is 0. The van der Waals surface area contributed by atoms with Crippen molar-refractivity contribution in [3.05, 3.63) is 30.3 Å². The summed E-state index contributed by atoms with van der Waals surface area (Å²) in [5.41, 5.74) is 0. The summed E-state index contributed by atoms with van der Waals surface area (Å²) < 4.78 is 5.07. The molecule has 0 bridgehead atoms. The van der Waals surface area contributed by atoms with E-state index in [2.05, 4.69) is 12.1 Å². The van der Waals surface area contributed by atoms with Crippen LogP contribution in [-0.2, 0) is 4.43 Å². The highest BCUT2D eigenvalue weighted by Crippen LogP contribution is 1.80. The smallest absolute Gasteiger partial charge is 0.191 e. The molecule has 48 valence electrons. The molecule has 1 nitrogen and oxygen atoms in total. The van der Waals surface area contributed by atoms with E-state index < -0.39 is 9.76 Å². The lowest BCUT2D eigenvalue weighted by Crippen LogP contribution is -2.14. The van der Waals surface area contributed by atoms with E-state index in [-0.39, 0.29) is 0 Å². The average molecular weight is 138 g/mol. The monoisotopic (exact) mass is 138 g/mol. The fourth-order valence-electron chi connectivity index (χ4n) is 0.741. The number of rotatable bonds is 2. The fourth-order valence-corrected chi connectivity index (χ4v) is 1.54. The Morgan fingerprint density at radius 2 is 1.89 bits per heavy atom. The molecule has 0 saturated heterocycles. The topological polar surface area (TPSA) is 9.23 Å². The maximum absolute atomic E-state index is 5.07. The van der Waals surface area contributed by atoms with Crippen LogP contribution in [0.2, 0.25) is 0 Å². The zero-order valence-electron chi connectivity index (χ0n) is 5.50. The van der Waals surface area contributed by atoms with E-state index >= 15 is 0 Å². The summed E-state index contributed by atoms with van der Waals surface area (Å²) in [5.74, 6) is 0. The highest BCUT2D eigenvalue weighted by molar-refractivity contribution is 6.46. The second kappa shape index (κ2) is 3.43. The van der Waals surface area contributed by atoms with Gasteiger partial charge in [-0.1, -0.05) is 30.3 Å². The lowest BCUT2D eigenvalue weighted by atomic mass is 10.4. The normalized spacial score (nSPS) is 10.8. The van der Waals surface area contributed by atoms with Crippen LogP contribution in [-0.4, -0.2) is 16.9 Å². The molecular weight excluding hydrogens is 128 g/mol. The largest absolute Gasteiger partial charge is 0.422 e. The van der Waals surface area contributed by atoms with Crippen LogP contribution in [0.25, 0.3) is 0 Å². The summed E-state index contributed by atoms with van der Waals surface area (Å²) in [5, 5.41) is 1.36. The van der Waals surface area contributed by atoms with E-state index in [0.29, 0.717) is 0 Å². The predicted molar refractivity (Wildman–Crippen MR) is 41.6 cm³/mol. The van der Waals surface area contributed by atoms with Gasteiger partial charge < -0.3 is 4.43 Å². The van der Waals surface area contributed by atoms with Crippen molar-refractivity contribution >= 4 is 14.9 Å². The molecule has 9 heavy (non-hydrogen) atoms. The van der Waals surface area contributed by atoms with Crippen molar-refractivity contribution in [3.8, 4) is 0 Å². The van der Waals surface area contributed by atoms with Crippen molar-refractivity contribution in [1.29, 1.82) is 0 Å². The minimum Gasteiger partial charge on any atom is -0.422 e. The zero-order chi connectivity index (χ0) is 6.53. The zero-order valence-corrected chi connectivity index (χ0v) is 6.92. The van der Waals surface area contributed by atoms with Gasteiger partial charge in [-0.05, 0) is 5.19 Å². The Labute approximate surface area is 57.6 Å². The van der Waals surface area contributed by atoms with Crippen LogP contribution in [0.15, 0.2) is 30.3 Å². The summed E-state index contributed by atoms with van der Waals surface area (Å²) in [6.45, 7) is 0. The third-order valence-corrected chi connectivity index (χ3v) is 2.25. The van der Waals surface area contributed by atoms with E-state index in [4.69, 9.17) is 4.43 Å². The van der Waals surface area contributed by atoms with Crippen molar-refractivity contribution in [2.24, 2.45) is 0 Å². The molecule has 0 aromatic heterocycles. The van der Waals surface area contributed by atoms with E-state index in [9.17, 15) is 0 Å². The SMILES string of the molecule is CO[SiH2]c1ccccc1. The number of hydrogen-bond acceptors (Lipinski definition) is 1. The Morgan fingerprint density at radius 3 is 2.44 bits per heavy atom. The van der Waals surface area contributed by atoms with Crippen molar-refractivity contribution in [1.82, 2.24) is 0 Å². The molecule has 0 amide bonds. The molecule has 2 heteroatoms. The van der Waals surface area contributed by atoms with Crippen LogP contribution in [0.4, 0.5) is 0 Å². The molecule has 0 unspecified atom stereocenters. The Morgan fingerprint density at radius 1 is 1.22 bits per heavy atom. The van der Waals surface area contributed by atoms with Crippen LogP contribution in [0.3, 0.4) is 0 Å². The van der Waals surface area contributed by atoms with Crippen LogP contribution in [0.5, 0.6) is 0 Å². The van der Waals surface area contributed by atoms with Crippen LogP contribution >= 0.6 is 0 Å². The average Bonchev–Trinajstić information content (AvgIpc) is 1.91. The van der Waals surface area contributed by atoms with Gasteiger partial charge in [-0.2, -0.15) is 0 Å². The first-order valence-corrected chi connectivity index (χ1v) is 4.25. The van der Waals surface area contributed by atoms with Gasteiger partial charge in [0, 0.05) is 7.11 Å². The molecule has 0 N–H and O–H groups in total. The van der Waals surface area contributed by atoms with E-state index in [1.807, 2.05) is 18.2 Å². The molecule has 0 fully saturated rings.